The van der Waals surface area contributed by atoms with Gasteiger partial charge in [-0.1, -0.05) is 152 Å². The van der Waals surface area contributed by atoms with Crippen LogP contribution < -0.4 is 0 Å². The molecule has 4 heterocycles. The fraction of sp³-hybridized carbons (Fsp3) is 0. The normalized spacial score (nSPS) is 11.7. The summed E-state index contributed by atoms with van der Waals surface area (Å²) >= 11 is 1.78. The highest BCUT2D eigenvalue weighted by molar-refractivity contribution is 7.27. The maximum Gasteiger partial charge on any atom is 0.238 e. The Morgan fingerprint density at radius 2 is 0.932 bits per heavy atom. The predicted octanol–water partition coefficient (Wildman–Crippen LogP) is 13.3. The number of para-hydroxylation sites is 5. The molecule has 0 N–H and O–H groups in total. The molecule has 0 fully saturated rings. The largest absolute Gasteiger partial charge is 0.292 e. The van der Waals surface area contributed by atoms with E-state index in [1.165, 1.54) is 0 Å². The van der Waals surface area contributed by atoms with Crippen molar-refractivity contribution >= 4 is 64.3 Å². The van der Waals surface area contributed by atoms with Gasteiger partial charge in [0.05, 0.1) is 22.1 Å². The Labute approximate surface area is 343 Å². The molecule has 6 nitrogen and oxygen atoms in total. The van der Waals surface area contributed by atoms with Gasteiger partial charge in [0.2, 0.25) is 5.95 Å². The van der Waals surface area contributed by atoms with Crippen LogP contribution in [-0.4, -0.2) is 29.1 Å². The molecule has 0 spiro atoms. The van der Waals surface area contributed by atoms with Gasteiger partial charge < -0.3 is 0 Å². The lowest BCUT2D eigenvalue weighted by molar-refractivity contribution is 0.954. The maximum atomic E-state index is 5.42. The third kappa shape index (κ3) is 5.33. The lowest BCUT2D eigenvalue weighted by Crippen LogP contribution is -2.06. The molecule has 0 aliphatic rings. The highest BCUT2D eigenvalue weighted by Gasteiger charge is 2.25. The van der Waals surface area contributed by atoms with Crippen molar-refractivity contribution in [2.24, 2.45) is 0 Å². The Morgan fingerprint density at radius 1 is 0.356 bits per heavy atom. The molecule has 0 radical (unpaired) electrons. The van der Waals surface area contributed by atoms with Crippen molar-refractivity contribution in [2.75, 3.05) is 0 Å². The SMILES string of the molecule is c1ccc(-c2nc(-c3cccc4c3sc3c(-c5nc6ccccc6n5-c5ccccc5)c(-c5ccccc5)ccc34)nc(-n3c4ccccc4c4ccccc43)n2)cc1. The topological polar surface area (TPSA) is 61.4 Å². The number of benzene rings is 8. The first-order valence-electron chi connectivity index (χ1n) is 19.7. The second-order valence-electron chi connectivity index (χ2n) is 14.6. The van der Waals surface area contributed by atoms with Gasteiger partial charge in [-0.05, 0) is 53.6 Å². The first-order chi connectivity index (χ1) is 29.3. The fourth-order valence-corrected chi connectivity index (χ4v) is 9.94. The molecule has 7 heteroatoms. The van der Waals surface area contributed by atoms with Crippen molar-refractivity contribution in [1.82, 2.24) is 29.1 Å². The first-order valence-corrected chi connectivity index (χ1v) is 20.5. The van der Waals surface area contributed by atoms with Gasteiger partial charge in [-0.2, -0.15) is 9.97 Å². The number of hydrogen-bond acceptors (Lipinski definition) is 5. The van der Waals surface area contributed by atoms with E-state index in [4.69, 9.17) is 19.9 Å². The van der Waals surface area contributed by atoms with Crippen LogP contribution in [0.3, 0.4) is 0 Å². The van der Waals surface area contributed by atoms with E-state index >= 15 is 0 Å². The Kier molecular flexibility index (Phi) is 7.61. The summed E-state index contributed by atoms with van der Waals surface area (Å²) in [7, 11) is 0. The van der Waals surface area contributed by atoms with Crippen LogP contribution in [-0.2, 0) is 0 Å². The molecule has 0 atom stereocenters. The summed E-state index contributed by atoms with van der Waals surface area (Å²) in [6.07, 6.45) is 0. The van der Waals surface area contributed by atoms with Crippen LogP contribution in [0.5, 0.6) is 0 Å². The van der Waals surface area contributed by atoms with Crippen molar-refractivity contribution in [1.29, 1.82) is 0 Å². The zero-order chi connectivity index (χ0) is 38.9. The van der Waals surface area contributed by atoms with Crippen LogP contribution in [0.15, 0.2) is 194 Å². The third-order valence-corrected chi connectivity index (χ3v) is 12.5. The molecule has 59 heavy (non-hydrogen) atoms. The van der Waals surface area contributed by atoms with Gasteiger partial charge in [-0.3, -0.25) is 9.13 Å². The minimum atomic E-state index is 0.577. The van der Waals surface area contributed by atoms with Crippen LogP contribution in [0.2, 0.25) is 0 Å². The van der Waals surface area contributed by atoms with Crippen molar-refractivity contribution < 1.29 is 0 Å². The van der Waals surface area contributed by atoms with Crippen molar-refractivity contribution in [3.05, 3.63) is 194 Å². The summed E-state index contributed by atoms with van der Waals surface area (Å²) in [5.41, 5.74) is 10.4. The van der Waals surface area contributed by atoms with Crippen LogP contribution in [0.25, 0.3) is 110 Å². The van der Waals surface area contributed by atoms with Crippen molar-refractivity contribution in [3.63, 3.8) is 0 Å². The van der Waals surface area contributed by atoms with Gasteiger partial charge in [0, 0.05) is 53.3 Å². The Balaban J connectivity index is 1.16. The van der Waals surface area contributed by atoms with E-state index < -0.39 is 0 Å². The number of rotatable bonds is 6. The lowest BCUT2D eigenvalue weighted by atomic mass is 9.96. The zero-order valence-corrected chi connectivity index (χ0v) is 32.4. The van der Waals surface area contributed by atoms with Crippen molar-refractivity contribution in [3.8, 4) is 56.9 Å². The summed E-state index contributed by atoms with van der Waals surface area (Å²) in [5.74, 6) is 2.71. The van der Waals surface area contributed by atoms with E-state index in [1.807, 2.05) is 18.2 Å². The van der Waals surface area contributed by atoms with Crippen molar-refractivity contribution in [2.45, 2.75) is 0 Å². The second-order valence-corrected chi connectivity index (χ2v) is 15.6. The van der Waals surface area contributed by atoms with Crippen LogP contribution >= 0.6 is 11.3 Å². The van der Waals surface area contributed by atoms with Gasteiger partial charge in [-0.25, -0.2) is 9.97 Å². The fourth-order valence-electron chi connectivity index (χ4n) is 8.59. The highest BCUT2D eigenvalue weighted by atomic mass is 32.1. The molecule has 0 saturated carbocycles. The summed E-state index contributed by atoms with van der Waals surface area (Å²) in [5, 5.41) is 4.61. The summed E-state index contributed by atoms with van der Waals surface area (Å²) in [6.45, 7) is 0. The van der Waals surface area contributed by atoms with Gasteiger partial charge in [-0.15, -0.1) is 11.3 Å². The quantitative estimate of drug-likeness (QED) is 0.169. The van der Waals surface area contributed by atoms with E-state index in [9.17, 15) is 0 Å². The standard InChI is InChI=1S/C52H32N6S/c1-4-17-33(18-5-1)36-31-32-40-39-25-16-26-41(47(39)59-48(40)46(36)51-53-42-27-12-15-30-45(42)57(51)35-21-8-3-9-22-35)50-54-49(34-19-6-2-7-20-34)55-52(56-50)58-43-28-13-10-23-37(43)38-24-11-14-29-44(38)58/h1-32H. The lowest BCUT2D eigenvalue weighted by Gasteiger charge is -2.14. The average molecular weight is 773 g/mol. The van der Waals surface area contributed by atoms with E-state index in [0.29, 0.717) is 17.6 Å². The number of fused-ring (bicyclic) bond motifs is 7. The Hall–Kier alpha value is -7.74. The monoisotopic (exact) mass is 772 g/mol. The van der Waals surface area contributed by atoms with Gasteiger partial charge in [0.25, 0.3) is 0 Å². The number of hydrogen-bond donors (Lipinski definition) is 0. The maximum absolute atomic E-state index is 5.42. The molecule has 0 aliphatic carbocycles. The average Bonchev–Trinajstić information content (AvgIpc) is 3.99. The molecule has 4 aromatic heterocycles. The smallest absolute Gasteiger partial charge is 0.238 e. The Bertz CT molecular complexity index is 3500. The van der Waals surface area contributed by atoms with Gasteiger partial charge in [0.15, 0.2) is 11.6 Å². The molecule has 12 aromatic rings. The molecule has 0 unspecified atom stereocenters. The summed E-state index contributed by atoms with van der Waals surface area (Å²) in [4.78, 5) is 21.2. The molecule has 0 amide bonds. The minimum Gasteiger partial charge on any atom is -0.292 e. The molecular weight excluding hydrogens is 741 g/mol. The molecule has 0 saturated heterocycles. The molecule has 0 aliphatic heterocycles. The molecule has 12 rings (SSSR count). The van der Waals surface area contributed by atoms with Crippen LogP contribution in [0, 0.1) is 0 Å². The number of thiophene rings is 1. The predicted molar refractivity (Wildman–Crippen MR) is 243 cm³/mol. The second kappa shape index (κ2) is 13.4. The van der Waals surface area contributed by atoms with E-state index in [1.54, 1.807) is 11.3 Å². The summed E-state index contributed by atoms with van der Waals surface area (Å²) in [6, 6.07) is 67.7. The Morgan fingerprint density at radius 3 is 1.66 bits per heavy atom. The first kappa shape index (κ1) is 33.4. The van der Waals surface area contributed by atoms with E-state index in [-0.39, 0.29) is 0 Å². The van der Waals surface area contributed by atoms with E-state index in [2.05, 4.69) is 185 Å². The summed E-state index contributed by atoms with van der Waals surface area (Å²) < 4.78 is 6.74. The zero-order valence-electron chi connectivity index (χ0n) is 31.6. The number of aromatic nitrogens is 6. The third-order valence-electron chi connectivity index (χ3n) is 11.2. The number of imidazole rings is 1. The molecule has 8 aromatic carbocycles. The van der Waals surface area contributed by atoms with E-state index in [0.717, 1.165) is 92.3 Å². The highest BCUT2D eigenvalue weighted by Crippen LogP contribution is 2.48. The van der Waals surface area contributed by atoms with Crippen LogP contribution in [0.4, 0.5) is 0 Å². The molecular formula is C52H32N6S. The molecule has 0 bridgehead atoms. The minimum absolute atomic E-state index is 0.577. The molecule has 276 valence electrons. The van der Waals surface area contributed by atoms with Gasteiger partial charge in [0.1, 0.15) is 5.82 Å². The van der Waals surface area contributed by atoms with Gasteiger partial charge >= 0.3 is 0 Å². The van der Waals surface area contributed by atoms with Crippen LogP contribution in [0.1, 0.15) is 0 Å². The number of nitrogens with zero attached hydrogens (tertiary/aromatic N) is 6.